The molecular formula is C12H13N3O3. The quantitative estimate of drug-likeness (QED) is 0.328. The number of nitro groups is 1. The molecular weight excluding hydrogens is 234 g/mol. The van der Waals surface area contributed by atoms with E-state index in [1.165, 1.54) is 18.3 Å². The molecule has 1 unspecified atom stereocenters. The normalized spacial score (nSPS) is 21.9. The van der Waals surface area contributed by atoms with Gasteiger partial charge in [-0.1, -0.05) is 0 Å². The van der Waals surface area contributed by atoms with Crippen LogP contribution < -0.4 is 4.90 Å². The van der Waals surface area contributed by atoms with E-state index in [1.807, 2.05) is 0 Å². The van der Waals surface area contributed by atoms with Crippen molar-refractivity contribution in [3.63, 3.8) is 0 Å². The molecule has 0 amide bonds. The second kappa shape index (κ2) is 3.97. The molecule has 2 aliphatic rings. The van der Waals surface area contributed by atoms with Gasteiger partial charge in [0.1, 0.15) is 0 Å². The Labute approximate surface area is 104 Å². The van der Waals surface area contributed by atoms with Gasteiger partial charge in [0, 0.05) is 25.1 Å². The van der Waals surface area contributed by atoms with Crippen LogP contribution in [0.3, 0.4) is 0 Å². The summed E-state index contributed by atoms with van der Waals surface area (Å²) in [5.74, 6) is 0. The van der Waals surface area contributed by atoms with Gasteiger partial charge >= 0.3 is 0 Å². The fourth-order valence-electron chi connectivity index (χ4n) is 2.70. The highest BCUT2D eigenvalue weighted by Crippen LogP contribution is 2.32. The highest BCUT2D eigenvalue weighted by molar-refractivity contribution is 5.88. The third-order valence-electron chi connectivity index (χ3n) is 3.56. The summed E-state index contributed by atoms with van der Waals surface area (Å²) in [5.41, 5.74) is 1.59. The fraction of sp³-hybridized carbons (Fsp3) is 0.417. The molecule has 18 heavy (non-hydrogen) atoms. The van der Waals surface area contributed by atoms with Gasteiger partial charge in [0.15, 0.2) is 6.21 Å². The SMILES string of the molecule is O=[N+]([O-])c1ccc2c(c1)C=[N+]([O-])C1CCCCN21. The molecule has 0 bridgehead atoms. The Hall–Kier alpha value is -2.11. The smallest absolute Gasteiger partial charge is 0.270 e. The Morgan fingerprint density at radius 2 is 2.22 bits per heavy atom. The van der Waals surface area contributed by atoms with Crippen LogP contribution in [0.4, 0.5) is 11.4 Å². The molecule has 94 valence electrons. The maximum Gasteiger partial charge on any atom is 0.270 e. The molecule has 1 saturated heterocycles. The van der Waals surface area contributed by atoms with E-state index in [9.17, 15) is 15.3 Å². The summed E-state index contributed by atoms with van der Waals surface area (Å²) in [6, 6.07) is 4.71. The fourth-order valence-corrected chi connectivity index (χ4v) is 2.70. The minimum atomic E-state index is -0.439. The molecule has 0 radical (unpaired) electrons. The number of piperidine rings is 1. The van der Waals surface area contributed by atoms with Gasteiger partial charge in [-0.15, -0.1) is 0 Å². The van der Waals surface area contributed by atoms with Gasteiger partial charge in [-0.3, -0.25) is 10.1 Å². The number of hydrogen-bond donors (Lipinski definition) is 0. The first-order chi connectivity index (χ1) is 8.66. The van der Waals surface area contributed by atoms with Crippen LogP contribution in [0.1, 0.15) is 24.8 Å². The first-order valence-electron chi connectivity index (χ1n) is 6.02. The van der Waals surface area contributed by atoms with Gasteiger partial charge in [0.2, 0.25) is 6.17 Å². The van der Waals surface area contributed by atoms with Crippen LogP contribution in [0, 0.1) is 15.3 Å². The lowest BCUT2D eigenvalue weighted by atomic mass is 10.0. The lowest BCUT2D eigenvalue weighted by molar-refractivity contribution is -0.500. The number of anilines is 1. The van der Waals surface area contributed by atoms with Crippen molar-refractivity contribution < 1.29 is 9.66 Å². The Bertz CT molecular complexity index is 541. The van der Waals surface area contributed by atoms with Crippen LogP contribution in [0.15, 0.2) is 18.2 Å². The number of nitro benzene ring substituents is 1. The zero-order valence-electron chi connectivity index (χ0n) is 9.78. The number of rotatable bonds is 1. The monoisotopic (exact) mass is 247 g/mol. The molecule has 2 heterocycles. The summed E-state index contributed by atoms with van der Waals surface area (Å²) in [6.07, 6.45) is 4.27. The van der Waals surface area contributed by atoms with Crippen LogP contribution in [0.25, 0.3) is 0 Å². The Morgan fingerprint density at radius 1 is 1.39 bits per heavy atom. The maximum atomic E-state index is 11.9. The lowest BCUT2D eigenvalue weighted by Crippen LogP contribution is -2.48. The van der Waals surface area contributed by atoms with E-state index in [1.54, 1.807) is 6.07 Å². The standard InChI is InChI=1S/C12H13N3O3/c16-14-8-9-7-10(15(17)18)4-5-11(9)13-6-2-1-3-12(13)14/h4-5,7-8,12H,1-3,6H2. The van der Waals surface area contributed by atoms with E-state index >= 15 is 0 Å². The van der Waals surface area contributed by atoms with Crippen LogP contribution in [0.5, 0.6) is 0 Å². The zero-order chi connectivity index (χ0) is 12.7. The second-order valence-electron chi connectivity index (χ2n) is 4.66. The van der Waals surface area contributed by atoms with Crippen molar-refractivity contribution in [2.75, 3.05) is 11.4 Å². The summed E-state index contributed by atoms with van der Waals surface area (Å²) >= 11 is 0. The average molecular weight is 247 g/mol. The molecule has 0 aliphatic carbocycles. The van der Waals surface area contributed by atoms with Crippen molar-refractivity contribution in [3.8, 4) is 0 Å². The third kappa shape index (κ3) is 1.61. The highest BCUT2D eigenvalue weighted by atomic mass is 16.6. The van der Waals surface area contributed by atoms with Gasteiger partial charge in [-0.2, -0.15) is 4.74 Å². The van der Waals surface area contributed by atoms with Crippen LogP contribution in [0.2, 0.25) is 0 Å². The zero-order valence-corrected chi connectivity index (χ0v) is 9.78. The van der Waals surface area contributed by atoms with Crippen molar-refractivity contribution in [1.29, 1.82) is 0 Å². The van der Waals surface area contributed by atoms with Crippen LogP contribution in [-0.4, -0.2) is 28.6 Å². The molecule has 0 saturated carbocycles. The van der Waals surface area contributed by atoms with Crippen molar-refractivity contribution in [2.24, 2.45) is 0 Å². The number of hydrogen-bond acceptors (Lipinski definition) is 4. The van der Waals surface area contributed by atoms with Gasteiger partial charge < -0.3 is 10.1 Å². The molecule has 2 aliphatic heterocycles. The predicted octanol–water partition coefficient (Wildman–Crippen LogP) is 1.85. The number of nitrogens with zero attached hydrogens (tertiary/aromatic N) is 3. The Morgan fingerprint density at radius 3 is 3.00 bits per heavy atom. The summed E-state index contributed by atoms with van der Waals surface area (Å²) in [7, 11) is 0. The topological polar surface area (TPSA) is 72.4 Å². The Kier molecular flexibility index (Phi) is 2.43. The van der Waals surface area contributed by atoms with Gasteiger partial charge in [0.05, 0.1) is 16.2 Å². The summed E-state index contributed by atoms with van der Waals surface area (Å²) in [6.45, 7) is 0.835. The first kappa shape index (κ1) is 11.0. The molecule has 6 heteroatoms. The number of non-ortho nitro benzene ring substituents is 1. The van der Waals surface area contributed by atoms with E-state index < -0.39 is 4.92 Å². The van der Waals surface area contributed by atoms with Crippen LogP contribution >= 0.6 is 0 Å². The van der Waals surface area contributed by atoms with Gasteiger partial charge in [-0.25, -0.2) is 0 Å². The van der Waals surface area contributed by atoms with Gasteiger partial charge in [-0.05, 0) is 18.9 Å². The minimum Gasteiger partial charge on any atom is -0.622 e. The summed E-state index contributed by atoms with van der Waals surface area (Å²) < 4.78 is 0.922. The van der Waals surface area contributed by atoms with Crippen molar-refractivity contribution in [1.82, 2.24) is 0 Å². The van der Waals surface area contributed by atoms with Crippen molar-refractivity contribution in [2.45, 2.75) is 25.4 Å². The molecule has 1 aromatic carbocycles. The molecule has 0 N–H and O–H groups in total. The molecule has 3 rings (SSSR count). The number of benzene rings is 1. The van der Waals surface area contributed by atoms with Crippen LogP contribution in [-0.2, 0) is 0 Å². The van der Waals surface area contributed by atoms with E-state index in [-0.39, 0.29) is 11.9 Å². The third-order valence-corrected chi connectivity index (χ3v) is 3.56. The predicted molar refractivity (Wildman–Crippen MR) is 66.9 cm³/mol. The molecule has 6 nitrogen and oxygen atoms in total. The Balaban J connectivity index is 2.08. The summed E-state index contributed by atoms with van der Waals surface area (Å²) in [5, 5.41) is 22.7. The lowest BCUT2D eigenvalue weighted by Gasteiger charge is -2.38. The first-order valence-corrected chi connectivity index (χ1v) is 6.02. The van der Waals surface area contributed by atoms with E-state index in [2.05, 4.69) is 4.90 Å². The highest BCUT2D eigenvalue weighted by Gasteiger charge is 2.34. The number of fused-ring (bicyclic) bond motifs is 3. The van der Waals surface area contributed by atoms with Gasteiger partial charge in [0.25, 0.3) is 5.69 Å². The van der Waals surface area contributed by atoms with Crippen molar-refractivity contribution in [3.05, 3.63) is 39.1 Å². The van der Waals surface area contributed by atoms with E-state index in [0.29, 0.717) is 5.56 Å². The minimum absolute atomic E-state index is 0.0221. The largest absolute Gasteiger partial charge is 0.622 e. The van der Waals surface area contributed by atoms with Crippen molar-refractivity contribution >= 4 is 17.6 Å². The maximum absolute atomic E-state index is 11.9. The second-order valence-corrected chi connectivity index (χ2v) is 4.66. The molecule has 0 aromatic heterocycles. The van der Waals surface area contributed by atoms with E-state index in [0.717, 1.165) is 36.2 Å². The summed E-state index contributed by atoms with van der Waals surface area (Å²) in [4.78, 5) is 12.3. The number of hydroxylamine groups is 1. The average Bonchev–Trinajstić information content (AvgIpc) is 2.38. The molecule has 1 atom stereocenters. The molecule has 1 fully saturated rings. The molecule has 0 spiro atoms. The molecule has 1 aromatic rings. The van der Waals surface area contributed by atoms with E-state index in [4.69, 9.17) is 0 Å².